The summed E-state index contributed by atoms with van der Waals surface area (Å²) in [7, 11) is 0. The van der Waals surface area contributed by atoms with Crippen LogP contribution in [-0.2, 0) is 11.2 Å². The molecular weight excluding hydrogens is 234 g/mol. The van der Waals surface area contributed by atoms with Gasteiger partial charge in [0.25, 0.3) is 5.56 Å². The average molecular weight is 253 g/mol. The van der Waals surface area contributed by atoms with Gasteiger partial charge in [-0.25, -0.2) is 4.98 Å². The van der Waals surface area contributed by atoms with Gasteiger partial charge >= 0.3 is 0 Å². The maximum atomic E-state index is 11.7. The Morgan fingerprint density at radius 1 is 1.50 bits per heavy atom. The van der Waals surface area contributed by atoms with Gasteiger partial charge in [0.1, 0.15) is 5.82 Å². The topological polar surface area (TPSA) is 95.1 Å². The normalized spacial score (nSPS) is 12.2. The molecule has 1 rings (SSSR count). The summed E-state index contributed by atoms with van der Waals surface area (Å²) in [6.07, 6.45) is 0.553. The van der Waals surface area contributed by atoms with Gasteiger partial charge in [-0.2, -0.15) is 0 Å². The molecule has 0 aliphatic heterocycles. The molecule has 0 saturated heterocycles. The number of H-pyrrole nitrogens is 1. The average Bonchev–Trinajstić information content (AvgIpc) is 2.27. The molecule has 0 fully saturated rings. The molecule has 0 saturated carbocycles. The quantitative estimate of drug-likeness (QED) is 0.678. The fourth-order valence-corrected chi connectivity index (χ4v) is 1.68. The molecule has 1 heterocycles. The van der Waals surface area contributed by atoms with E-state index >= 15 is 0 Å². The largest absolute Gasteiger partial charge is 0.394 e. The van der Waals surface area contributed by atoms with Crippen LogP contribution in [0.5, 0.6) is 0 Å². The highest BCUT2D eigenvalue weighted by Crippen LogP contribution is 2.02. The minimum absolute atomic E-state index is 0.0998. The van der Waals surface area contributed by atoms with Crippen LogP contribution in [-0.4, -0.2) is 33.6 Å². The van der Waals surface area contributed by atoms with Gasteiger partial charge in [-0.3, -0.25) is 9.59 Å². The smallest absolute Gasteiger partial charge is 0.254 e. The number of aromatic nitrogens is 2. The van der Waals surface area contributed by atoms with Gasteiger partial charge in [0.2, 0.25) is 5.91 Å². The number of hydrogen-bond acceptors (Lipinski definition) is 4. The van der Waals surface area contributed by atoms with Gasteiger partial charge in [0, 0.05) is 23.7 Å². The van der Waals surface area contributed by atoms with Crippen molar-refractivity contribution in [2.24, 2.45) is 0 Å². The highest BCUT2D eigenvalue weighted by molar-refractivity contribution is 5.76. The lowest BCUT2D eigenvalue weighted by Gasteiger charge is -2.10. The molecule has 0 radical (unpaired) electrons. The van der Waals surface area contributed by atoms with E-state index in [1.54, 1.807) is 20.8 Å². The predicted molar refractivity (Wildman–Crippen MR) is 67.3 cm³/mol. The van der Waals surface area contributed by atoms with Crippen molar-refractivity contribution in [2.75, 3.05) is 6.61 Å². The van der Waals surface area contributed by atoms with Crippen molar-refractivity contribution < 1.29 is 9.90 Å². The maximum Gasteiger partial charge on any atom is 0.254 e. The van der Waals surface area contributed by atoms with Crippen LogP contribution in [0, 0.1) is 13.8 Å². The maximum absolute atomic E-state index is 11.7. The molecule has 18 heavy (non-hydrogen) atoms. The van der Waals surface area contributed by atoms with Gasteiger partial charge in [0.15, 0.2) is 0 Å². The Labute approximate surface area is 105 Å². The summed E-state index contributed by atoms with van der Waals surface area (Å²) in [5.41, 5.74) is 0.995. The number of nitrogens with zero attached hydrogens (tertiary/aromatic N) is 1. The molecule has 1 aromatic heterocycles. The fraction of sp³-hybridized carbons (Fsp3) is 0.583. The van der Waals surface area contributed by atoms with Crippen LogP contribution >= 0.6 is 0 Å². The van der Waals surface area contributed by atoms with Crippen molar-refractivity contribution in [3.63, 3.8) is 0 Å². The number of hydrogen-bond donors (Lipinski definition) is 3. The summed E-state index contributed by atoms with van der Waals surface area (Å²) in [6, 6.07) is -0.270. The van der Waals surface area contributed by atoms with Crippen LogP contribution in [0.1, 0.15) is 30.4 Å². The van der Waals surface area contributed by atoms with E-state index in [-0.39, 0.29) is 30.5 Å². The van der Waals surface area contributed by atoms with E-state index in [0.717, 1.165) is 0 Å². The van der Waals surface area contributed by atoms with Crippen LogP contribution in [0.3, 0.4) is 0 Å². The highest BCUT2D eigenvalue weighted by atomic mass is 16.3. The summed E-state index contributed by atoms with van der Waals surface area (Å²) in [5.74, 6) is 0.385. The van der Waals surface area contributed by atoms with Gasteiger partial charge in [0.05, 0.1) is 6.61 Å². The van der Waals surface area contributed by atoms with Crippen LogP contribution in [0.2, 0.25) is 0 Å². The van der Waals surface area contributed by atoms with Crippen molar-refractivity contribution in [3.8, 4) is 0 Å². The Morgan fingerprint density at radius 3 is 2.72 bits per heavy atom. The molecule has 100 valence electrons. The van der Waals surface area contributed by atoms with Crippen molar-refractivity contribution in [3.05, 3.63) is 27.4 Å². The van der Waals surface area contributed by atoms with E-state index in [1.165, 1.54) is 0 Å². The van der Waals surface area contributed by atoms with E-state index in [1.807, 2.05) is 0 Å². The summed E-state index contributed by atoms with van der Waals surface area (Å²) in [4.78, 5) is 30.0. The molecule has 3 N–H and O–H groups in total. The minimum atomic E-state index is -0.270. The lowest BCUT2D eigenvalue weighted by Crippen LogP contribution is -2.35. The number of rotatable bonds is 5. The monoisotopic (exact) mass is 253 g/mol. The van der Waals surface area contributed by atoms with Gasteiger partial charge in [-0.15, -0.1) is 0 Å². The van der Waals surface area contributed by atoms with Gasteiger partial charge in [-0.05, 0) is 27.2 Å². The van der Waals surface area contributed by atoms with E-state index in [4.69, 9.17) is 5.11 Å². The Morgan fingerprint density at radius 2 is 2.17 bits per heavy atom. The zero-order valence-electron chi connectivity index (χ0n) is 10.9. The zero-order chi connectivity index (χ0) is 13.7. The number of aliphatic hydroxyl groups excluding tert-OH is 1. The van der Waals surface area contributed by atoms with Crippen LogP contribution in [0.15, 0.2) is 4.79 Å². The van der Waals surface area contributed by atoms with Crippen molar-refractivity contribution in [1.82, 2.24) is 15.3 Å². The predicted octanol–water partition coefficient (Wildman–Crippen LogP) is -0.184. The third-order valence-corrected chi connectivity index (χ3v) is 2.62. The molecule has 6 heteroatoms. The van der Waals surface area contributed by atoms with Crippen molar-refractivity contribution in [1.29, 1.82) is 0 Å². The molecule has 0 aliphatic rings. The first kappa shape index (κ1) is 14.4. The Kier molecular flexibility index (Phi) is 5.03. The summed E-state index contributed by atoms with van der Waals surface area (Å²) >= 11 is 0. The minimum Gasteiger partial charge on any atom is -0.394 e. The molecular formula is C12H19N3O3. The summed E-state index contributed by atoms with van der Waals surface area (Å²) in [5, 5.41) is 11.4. The molecule has 1 aromatic rings. The van der Waals surface area contributed by atoms with E-state index < -0.39 is 0 Å². The third kappa shape index (κ3) is 3.96. The first-order valence-electron chi connectivity index (χ1n) is 5.90. The third-order valence-electron chi connectivity index (χ3n) is 2.62. The lowest BCUT2D eigenvalue weighted by molar-refractivity contribution is -0.121. The lowest BCUT2D eigenvalue weighted by atomic mass is 10.1. The molecule has 6 nitrogen and oxygen atoms in total. The number of carbonyl (C=O) groups excluding carboxylic acids is 1. The number of nitrogens with one attached hydrogen (secondary N) is 2. The molecule has 0 aliphatic carbocycles. The molecule has 0 spiro atoms. The number of amides is 1. The molecule has 0 bridgehead atoms. The second kappa shape index (κ2) is 6.30. The number of aliphatic hydroxyl groups is 1. The van der Waals surface area contributed by atoms with Crippen molar-refractivity contribution >= 4 is 5.91 Å². The zero-order valence-corrected chi connectivity index (χ0v) is 10.9. The number of carbonyl (C=O) groups is 1. The van der Waals surface area contributed by atoms with E-state index in [2.05, 4.69) is 15.3 Å². The highest BCUT2D eigenvalue weighted by Gasteiger charge is 2.10. The summed E-state index contributed by atoms with van der Waals surface area (Å²) in [6.45, 7) is 5.08. The molecule has 0 unspecified atom stereocenters. The first-order valence-corrected chi connectivity index (χ1v) is 5.90. The van der Waals surface area contributed by atoms with E-state index in [0.29, 0.717) is 23.5 Å². The number of aromatic amines is 1. The fourth-order valence-electron chi connectivity index (χ4n) is 1.68. The standard InChI is InChI=1S/C12H19N3O3/c1-7(6-16)13-11(17)5-4-10-8(2)14-9(3)15-12(10)18/h7,16H,4-6H2,1-3H3,(H,13,17)(H,14,15,18)/t7-/m0/s1. The first-order chi connectivity index (χ1) is 8.43. The van der Waals surface area contributed by atoms with Gasteiger partial charge in [-0.1, -0.05) is 0 Å². The molecule has 0 aromatic carbocycles. The van der Waals surface area contributed by atoms with E-state index in [9.17, 15) is 9.59 Å². The Balaban J connectivity index is 2.64. The van der Waals surface area contributed by atoms with Crippen LogP contribution in [0.25, 0.3) is 0 Å². The Hall–Kier alpha value is -1.69. The van der Waals surface area contributed by atoms with Gasteiger partial charge < -0.3 is 15.4 Å². The van der Waals surface area contributed by atoms with Crippen molar-refractivity contribution in [2.45, 2.75) is 39.7 Å². The number of aryl methyl sites for hydroxylation is 2. The second-order valence-corrected chi connectivity index (χ2v) is 4.37. The molecule has 1 atom stereocenters. The van der Waals surface area contributed by atoms with Crippen LogP contribution < -0.4 is 10.9 Å². The second-order valence-electron chi connectivity index (χ2n) is 4.37. The SMILES string of the molecule is Cc1nc(C)c(CCC(=O)N[C@@H](C)CO)c(=O)[nH]1. The molecule has 1 amide bonds. The summed E-state index contributed by atoms with van der Waals surface area (Å²) < 4.78 is 0. The van der Waals surface area contributed by atoms with Crippen LogP contribution in [0.4, 0.5) is 0 Å². The Bertz CT molecular complexity index is 482.